The lowest BCUT2D eigenvalue weighted by Gasteiger charge is -2.16. The largest absolute Gasteiger partial charge is 0.406 e. The molecule has 0 atom stereocenters. The van der Waals surface area contributed by atoms with Gasteiger partial charge in [-0.3, -0.25) is 4.79 Å². The van der Waals surface area contributed by atoms with E-state index in [9.17, 15) is 4.79 Å². The molecule has 7 heteroatoms. The number of hydrogen-bond donors (Lipinski definition) is 3. The van der Waals surface area contributed by atoms with Gasteiger partial charge in [0, 0.05) is 36.7 Å². The number of hydrogen-bond acceptors (Lipinski definition) is 6. The third kappa shape index (κ3) is 4.87. The molecule has 0 spiro atoms. The number of carbonyl (C=O) groups is 1. The Morgan fingerprint density at radius 3 is 2.50 bits per heavy atom. The molecule has 1 fully saturated rings. The number of anilines is 4. The lowest BCUT2D eigenvalue weighted by Crippen LogP contribution is -2.23. The molecule has 30 heavy (non-hydrogen) atoms. The van der Waals surface area contributed by atoms with Gasteiger partial charge in [0.25, 0.3) is 5.91 Å². The first-order chi connectivity index (χ1) is 14.6. The molecule has 2 aromatic carbocycles. The number of hydroxylamine groups is 2. The maximum Gasteiger partial charge on any atom is 0.252 e. The highest BCUT2D eigenvalue weighted by Crippen LogP contribution is 2.26. The van der Waals surface area contributed by atoms with Crippen molar-refractivity contribution in [1.82, 2.24) is 10.0 Å². The van der Waals surface area contributed by atoms with Crippen molar-refractivity contribution in [3.05, 3.63) is 71.9 Å². The van der Waals surface area contributed by atoms with E-state index in [0.29, 0.717) is 17.1 Å². The summed E-state index contributed by atoms with van der Waals surface area (Å²) in [4.78, 5) is 22.0. The summed E-state index contributed by atoms with van der Waals surface area (Å²) in [7, 11) is 0. The summed E-state index contributed by atoms with van der Waals surface area (Å²) in [5, 5.41) is 8.50. The Labute approximate surface area is 175 Å². The zero-order valence-electron chi connectivity index (χ0n) is 16.9. The van der Waals surface area contributed by atoms with Crippen LogP contribution in [-0.4, -0.2) is 29.0 Å². The number of benzene rings is 2. The molecular formula is C23H25N5O2. The zero-order valence-corrected chi connectivity index (χ0v) is 16.9. The first-order valence-electron chi connectivity index (χ1n) is 10.0. The number of nitrogens with one attached hydrogen (secondary N) is 2. The second kappa shape index (κ2) is 8.84. The molecule has 1 aromatic heterocycles. The Bertz CT molecular complexity index is 1030. The van der Waals surface area contributed by atoms with Crippen molar-refractivity contribution in [2.24, 2.45) is 5.73 Å². The quantitative estimate of drug-likeness (QED) is 0.543. The van der Waals surface area contributed by atoms with E-state index in [4.69, 9.17) is 10.6 Å². The highest BCUT2D eigenvalue weighted by atomic mass is 16.7. The molecular weight excluding hydrogens is 378 g/mol. The van der Waals surface area contributed by atoms with E-state index in [2.05, 4.69) is 15.6 Å². The van der Waals surface area contributed by atoms with Crippen LogP contribution in [0, 0.1) is 6.92 Å². The van der Waals surface area contributed by atoms with E-state index in [0.717, 1.165) is 35.8 Å². The van der Waals surface area contributed by atoms with Gasteiger partial charge in [-0.05, 0) is 61.7 Å². The van der Waals surface area contributed by atoms with Crippen LogP contribution in [0.15, 0.2) is 60.8 Å². The fourth-order valence-corrected chi connectivity index (χ4v) is 3.38. The molecule has 0 bridgehead atoms. The molecule has 1 amide bonds. The Morgan fingerprint density at radius 1 is 1.03 bits per heavy atom. The molecule has 4 N–H and O–H groups in total. The molecule has 7 nitrogen and oxygen atoms in total. The standard InChI is InChI=1S/C23H25N5O2/c1-16-5-4-6-18(13-16)26-21-14-22(25-15-20(21)23(24)29)27-17-7-9-19(10-8-17)30-28-11-2-3-12-28/h4-10,13-15H,2-3,11-12H2,1H3,(H2,24,29)(H2,25,26,27). The highest BCUT2D eigenvalue weighted by molar-refractivity contribution is 5.99. The first kappa shape index (κ1) is 19.7. The van der Waals surface area contributed by atoms with Crippen LogP contribution < -0.4 is 21.2 Å². The Morgan fingerprint density at radius 2 is 1.80 bits per heavy atom. The fraction of sp³-hybridized carbons (Fsp3) is 0.217. The third-order valence-corrected chi connectivity index (χ3v) is 4.89. The number of amides is 1. The number of primary amides is 1. The summed E-state index contributed by atoms with van der Waals surface area (Å²) in [6.07, 6.45) is 3.82. The van der Waals surface area contributed by atoms with Crippen LogP contribution in [0.3, 0.4) is 0 Å². The molecule has 3 aromatic rings. The summed E-state index contributed by atoms with van der Waals surface area (Å²) in [6.45, 7) is 3.94. The predicted molar refractivity (Wildman–Crippen MR) is 118 cm³/mol. The van der Waals surface area contributed by atoms with Gasteiger partial charge in [-0.2, -0.15) is 0 Å². The van der Waals surface area contributed by atoms with Crippen LogP contribution in [0.5, 0.6) is 5.75 Å². The average molecular weight is 403 g/mol. The number of rotatable bonds is 7. The van der Waals surface area contributed by atoms with Gasteiger partial charge in [0.15, 0.2) is 0 Å². The Balaban J connectivity index is 1.50. The van der Waals surface area contributed by atoms with Crippen molar-refractivity contribution in [2.75, 3.05) is 23.7 Å². The number of aromatic nitrogens is 1. The summed E-state index contributed by atoms with van der Waals surface area (Å²) in [5.41, 5.74) is 9.31. The lowest BCUT2D eigenvalue weighted by atomic mass is 10.2. The van der Waals surface area contributed by atoms with Gasteiger partial charge in [-0.15, -0.1) is 5.06 Å². The fourth-order valence-electron chi connectivity index (χ4n) is 3.38. The molecule has 1 aliphatic rings. The maximum atomic E-state index is 11.8. The predicted octanol–water partition coefficient (Wildman–Crippen LogP) is 4.37. The van der Waals surface area contributed by atoms with Gasteiger partial charge in [0.05, 0.1) is 11.3 Å². The van der Waals surface area contributed by atoms with Crippen LogP contribution in [0.2, 0.25) is 0 Å². The van der Waals surface area contributed by atoms with Crippen molar-refractivity contribution in [1.29, 1.82) is 0 Å². The minimum atomic E-state index is -0.535. The van der Waals surface area contributed by atoms with Gasteiger partial charge in [0.1, 0.15) is 11.6 Å². The molecule has 154 valence electrons. The van der Waals surface area contributed by atoms with Crippen molar-refractivity contribution >= 4 is 28.8 Å². The zero-order chi connectivity index (χ0) is 20.9. The molecule has 0 unspecified atom stereocenters. The minimum Gasteiger partial charge on any atom is -0.406 e. The maximum absolute atomic E-state index is 11.8. The highest BCUT2D eigenvalue weighted by Gasteiger charge is 2.14. The Hall–Kier alpha value is -3.58. The molecule has 0 radical (unpaired) electrons. The molecule has 0 aliphatic carbocycles. The smallest absolute Gasteiger partial charge is 0.252 e. The van der Waals surface area contributed by atoms with Crippen LogP contribution >= 0.6 is 0 Å². The van der Waals surface area contributed by atoms with Gasteiger partial charge in [0.2, 0.25) is 0 Å². The normalized spacial score (nSPS) is 13.8. The molecule has 1 aliphatic heterocycles. The molecule has 0 saturated carbocycles. The third-order valence-electron chi connectivity index (χ3n) is 4.89. The van der Waals surface area contributed by atoms with Crippen LogP contribution in [0.1, 0.15) is 28.8 Å². The number of nitrogens with two attached hydrogens (primary N) is 1. The van der Waals surface area contributed by atoms with Crippen molar-refractivity contribution in [3.8, 4) is 5.75 Å². The van der Waals surface area contributed by atoms with E-state index < -0.39 is 5.91 Å². The van der Waals surface area contributed by atoms with Gasteiger partial charge in [-0.25, -0.2) is 4.98 Å². The first-order valence-corrected chi connectivity index (χ1v) is 10.0. The van der Waals surface area contributed by atoms with E-state index in [-0.39, 0.29) is 0 Å². The summed E-state index contributed by atoms with van der Waals surface area (Å²) < 4.78 is 0. The van der Waals surface area contributed by atoms with Crippen molar-refractivity contribution in [2.45, 2.75) is 19.8 Å². The van der Waals surface area contributed by atoms with Crippen LogP contribution in [0.4, 0.5) is 22.9 Å². The van der Waals surface area contributed by atoms with E-state index in [1.54, 1.807) is 6.07 Å². The summed E-state index contributed by atoms with van der Waals surface area (Å²) >= 11 is 0. The number of aryl methyl sites for hydroxylation is 1. The van der Waals surface area contributed by atoms with Gasteiger partial charge in [-0.1, -0.05) is 12.1 Å². The van der Waals surface area contributed by atoms with Crippen molar-refractivity contribution in [3.63, 3.8) is 0 Å². The second-order valence-corrected chi connectivity index (χ2v) is 7.35. The van der Waals surface area contributed by atoms with Crippen LogP contribution in [0.25, 0.3) is 0 Å². The number of carbonyl (C=O) groups excluding carboxylic acids is 1. The van der Waals surface area contributed by atoms with Gasteiger partial charge >= 0.3 is 0 Å². The summed E-state index contributed by atoms with van der Waals surface area (Å²) in [5.74, 6) is 0.872. The Kier molecular flexibility index (Phi) is 5.81. The monoisotopic (exact) mass is 403 g/mol. The second-order valence-electron chi connectivity index (χ2n) is 7.35. The van der Waals surface area contributed by atoms with E-state index in [1.165, 1.54) is 19.0 Å². The molecule has 2 heterocycles. The summed E-state index contributed by atoms with van der Waals surface area (Å²) in [6, 6.07) is 17.4. The number of pyridine rings is 1. The average Bonchev–Trinajstić information content (AvgIpc) is 3.23. The van der Waals surface area contributed by atoms with E-state index >= 15 is 0 Å². The van der Waals surface area contributed by atoms with Crippen molar-refractivity contribution < 1.29 is 9.63 Å². The van der Waals surface area contributed by atoms with E-state index in [1.807, 2.05) is 60.5 Å². The van der Waals surface area contributed by atoms with Crippen LogP contribution in [-0.2, 0) is 0 Å². The number of nitrogens with zero attached hydrogens (tertiary/aromatic N) is 2. The SMILES string of the molecule is Cc1cccc(Nc2cc(Nc3ccc(ON4CCCC4)cc3)ncc2C(N)=O)c1. The van der Waals surface area contributed by atoms with Gasteiger partial charge < -0.3 is 21.2 Å². The lowest BCUT2D eigenvalue weighted by molar-refractivity contribution is -0.0346. The molecule has 1 saturated heterocycles. The topological polar surface area (TPSA) is 92.5 Å². The minimum absolute atomic E-state index is 0.330. The molecule has 4 rings (SSSR count).